The van der Waals surface area contributed by atoms with Gasteiger partial charge in [0.25, 0.3) is 0 Å². The predicted octanol–water partition coefficient (Wildman–Crippen LogP) is 0.122. The van der Waals surface area contributed by atoms with E-state index in [0.29, 0.717) is 0 Å². The van der Waals surface area contributed by atoms with Crippen molar-refractivity contribution in [2.45, 2.75) is 13.0 Å². The molecule has 0 aromatic heterocycles. The van der Waals surface area contributed by atoms with Gasteiger partial charge in [-0.2, -0.15) is 10.5 Å². The summed E-state index contributed by atoms with van der Waals surface area (Å²) in [6.07, 6.45) is -0.701. The number of nitrogens with zero attached hydrogens (tertiary/aromatic N) is 2. The van der Waals surface area contributed by atoms with Crippen molar-refractivity contribution in [3.63, 3.8) is 0 Å². The van der Waals surface area contributed by atoms with Crippen molar-refractivity contribution in [3.8, 4) is 12.1 Å². The molecule has 1 unspecified atom stereocenters. The van der Waals surface area contributed by atoms with Crippen molar-refractivity contribution in [2.75, 3.05) is 0 Å². The zero-order chi connectivity index (χ0) is 7.98. The normalized spacial score (nSPS) is 11.2. The van der Waals surface area contributed by atoms with E-state index in [1.54, 1.807) is 12.1 Å². The molecule has 0 saturated carbocycles. The summed E-state index contributed by atoms with van der Waals surface area (Å²) in [5.41, 5.74) is 0. The van der Waals surface area contributed by atoms with E-state index in [-0.39, 0.29) is 0 Å². The summed E-state index contributed by atoms with van der Waals surface area (Å²) in [6.45, 7) is 2.62. The van der Waals surface area contributed by atoms with Crippen LogP contribution in [-0.4, -0.2) is 12.6 Å². The zero-order valence-electron chi connectivity index (χ0n) is 5.37. The molecule has 1 atom stereocenters. The van der Waals surface area contributed by atoms with Gasteiger partial charge in [-0.25, -0.2) is 4.79 Å². The Bertz CT molecular complexity index is 175. The molecule has 0 rings (SSSR count). The monoisotopic (exact) mass is 137 g/mol. The minimum Gasteiger partial charge on any atom is -0.452 e. The second kappa shape index (κ2) is 4.34. The Morgan fingerprint density at radius 3 is 2.20 bits per heavy atom. The first kappa shape index (κ1) is 8.45. The summed E-state index contributed by atoms with van der Waals surface area (Å²) in [6, 6.07) is 3.34. The van der Waals surface area contributed by atoms with Crippen LogP contribution in [0.4, 0.5) is 0 Å². The SMILES string of the molecule is CC(O[C]=O)C(C#N)C#N. The number of ether oxygens (including phenoxy) is 1. The average Bonchev–Trinajstić information content (AvgIpc) is 1.91. The lowest BCUT2D eigenvalue weighted by atomic mass is 10.1. The molecule has 4 heteroatoms. The Hall–Kier alpha value is -1.55. The molecule has 0 heterocycles. The molecular weight excluding hydrogens is 132 g/mol. The fraction of sp³-hybridized carbons (Fsp3) is 0.500. The largest absolute Gasteiger partial charge is 0.452 e. The van der Waals surface area contributed by atoms with Gasteiger partial charge in [0.1, 0.15) is 6.10 Å². The van der Waals surface area contributed by atoms with Gasteiger partial charge in [-0.15, -0.1) is 0 Å². The first-order valence-corrected chi connectivity index (χ1v) is 2.58. The summed E-state index contributed by atoms with van der Waals surface area (Å²) in [7, 11) is 0. The molecule has 4 nitrogen and oxygen atoms in total. The highest BCUT2D eigenvalue weighted by Crippen LogP contribution is 2.02. The van der Waals surface area contributed by atoms with Crippen molar-refractivity contribution < 1.29 is 9.53 Å². The molecule has 0 fully saturated rings. The first-order valence-electron chi connectivity index (χ1n) is 2.58. The van der Waals surface area contributed by atoms with Crippen LogP contribution in [0.15, 0.2) is 0 Å². The van der Waals surface area contributed by atoms with E-state index < -0.39 is 12.0 Å². The van der Waals surface area contributed by atoms with Crippen molar-refractivity contribution in [2.24, 2.45) is 5.92 Å². The van der Waals surface area contributed by atoms with Gasteiger partial charge < -0.3 is 4.74 Å². The fourth-order valence-electron chi connectivity index (χ4n) is 0.383. The second-order valence-corrected chi connectivity index (χ2v) is 1.64. The van der Waals surface area contributed by atoms with Gasteiger partial charge in [0.05, 0.1) is 12.1 Å². The molecule has 10 heavy (non-hydrogen) atoms. The van der Waals surface area contributed by atoms with E-state index in [1.807, 2.05) is 0 Å². The van der Waals surface area contributed by atoms with Crippen LogP contribution in [0.3, 0.4) is 0 Å². The minimum atomic E-state index is -0.901. The molecule has 0 aliphatic carbocycles. The van der Waals surface area contributed by atoms with Gasteiger partial charge in [-0.3, -0.25) is 0 Å². The van der Waals surface area contributed by atoms with Crippen LogP contribution < -0.4 is 0 Å². The van der Waals surface area contributed by atoms with E-state index in [1.165, 1.54) is 6.92 Å². The second-order valence-electron chi connectivity index (χ2n) is 1.64. The van der Waals surface area contributed by atoms with E-state index in [4.69, 9.17) is 10.5 Å². The van der Waals surface area contributed by atoms with Crippen LogP contribution in [0.1, 0.15) is 6.92 Å². The number of rotatable bonds is 3. The number of hydrogen-bond acceptors (Lipinski definition) is 4. The summed E-state index contributed by atoms with van der Waals surface area (Å²) < 4.78 is 4.24. The highest BCUT2D eigenvalue weighted by molar-refractivity contribution is 5.39. The zero-order valence-corrected chi connectivity index (χ0v) is 5.37. The maximum atomic E-state index is 9.59. The Labute approximate surface area is 58.6 Å². The van der Waals surface area contributed by atoms with Crippen LogP contribution in [0.2, 0.25) is 0 Å². The number of carbonyl (C=O) groups excluding carboxylic acids is 1. The molecular formula is C6H5N2O2. The summed E-state index contributed by atoms with van der Waals surface area (Å²) in [5.74, 6) is -0.901. The molecule has 0 saturated heterocycles. The Morgan fingerprint density at radius 1 is 1.40 bits per heavy atom. The third-order valence-electron chi connectivity index (χ3n) is 0.982. The third-order valence-corrected chi connectivity index (χ3v) is 0.982. The summed E-state index contributed by atoms with van der Waals surface area (Å²) >= 11 is 0. The lowest BCUT2D eigenvalue weighted by Crippen LogP contribution is -2.16. The quantitative estimate of drug-likeness (QED) is 0.553. The number of nitriles is 2. The van der Waals surface area contributed by atoms with Crippen molar-refractivity contribution in [1.29, 1.82) is 10.5 Å². The van der Waals surface area contributed by atoms with E-state index in [9.17, 15) is 4.79 Å². The topological polar surface area (TPSA) is 73.9 Å². The minimum absolute atomic E-state index is 0.701. The average molecular weight is 137 g/mol. The smallest absolute Gasteiger partial charge is 0.417 e. The van der Waals surface area contributed by atoms with E-state index in [2.05, 4.69) is 4.74 Å². The molecule has 0 aromatic rings. The molecule has 0 bridgehead atoms. The van der Waals surface area contributed by atoms with Crippen LogP contribution in [0, 0.1) is 28.6 Å². The molecule has 0 aromatic carbocycles. The van der Waals surface area contributed by atoms with Gasteiger partial charge in [-0.05, 0) is 6.92 Å². The van der Waals surface area contributed by atoms with Gasteiger partial charge >= 0.3 is 6.47 Å². The molecule has 1 radical (unpaired) electrons. The van der Waals surface area contributed by atoms with Gasteiger partial charge in [0, 0.05) is 0 Å². The van der Waals surface area contributed by atoms with E-state index >= 15 is 0 Å². The molecule has 0 amide bonds. The van der Waals surface area contributed by atoms with Crippen molar-refractivity contribution in [1.82, 2.24) is 0 Å². The molecule has 0 N–H and O–H groups in total. The van der Waals surface area contributed by atoms with Crippen molar-refractivity contribution >= 4 is 6.47 Å². The Morgan fingerprint density at radius 2 is 1.90 bits per heavy atom. The first-order chi connectivity index (χ1) is 4.76. The highest BCUT2D eigenvalue weighted by Gasteiger charge is 2.16. The van der Waals surface area contributed by atoms with Crippen LogP contribution in [0.5, 0.6) is 0 Å². The van der Waals surface area contributed by atoms with Crippen LogP contribution >= 0.6 is 0 Å². The Kier molecular flexibility index (Phi) is 3.67. The maximum Gasteiger partial charge on any atom is 0.417 e. The highest BCUT2D eigenvalue weighted by atomic mass is 16.5. The van der Waals surface area contributed by atoms with Gasteiger partial charge in [0.2, 0.25) is 0 Å². The molecule has 0 aliphatic heterocycles. The lowest BCUT2D eigenvalue weighted by Gasteiger charge is -2.06. The molecule has 0 spiro atoms. The van der Waals surface area contributed by atoms with Crippen LogP contribution in [0.25, 0.3) is 0 Å². The third kappa shape index (κ3) is 2.15. The predicted molar refractivity (Wildman–Crippen MR) is 31.0 cm³/mol. The van der Waals surface area contributed by atoms with E-state index in [0.717, 1.165) is 6.47 Å². The van der Waals surface area contributed by atoms with Crippen LogP contribution in [-0.2, 0) is 9.53 Å². The number of hydrogen-bond donors (Lipinski definition) is 0. The molecule has 51 valence electrons. The fourth-order valence-corrected chi connectivity index (χ4v) is 0.383. The molecule has 0 aliphatic rings. The lowest BCUT2D eigenvalue weighted by molar-refractivity contribution is 0.175. The van der Waals surface area contributed by atoms with Gasteiger partial charge in [0.15, 0.2) is 5.92 Å². The maximum absolute atomic E-state index is 9.59. The standard InChI is InChI=1S/C6H5N2O2/c1-5(10-4-9)6(2-7)3-8/h5-6H,1H3. The van der Waals surface area contributed by atoms with Crippen molar-refractivity contribution in [3.05, 3.63) is 0 Å². The summed E-state index contributed by atoms with van der Waals surface area (Å²) in [4.78, 5) is 9.59. The Balaban J connectivity index is 3.94. The van der Waals surface area contributed by atoms with Gasteiger partial charge in [-0.1, -0.05) is 0 Å². The summed E-state index contributed by atoms with van der Waals surface area (Å²) in [5, 5.41) is 16.5.